The zero-order valence-corrected chi connectivity index (χ0v) is 10.2. The predicted molar refractivity (Wildman–Crippen MR) is 64.6 cm³/mol. The predicted octanol–water partition coefficient (Wildman–Crippen LogP) is 3.63. The van der Waals surface area contributed by atoms with Crippen molar-refractivity contribution in [2.45, 2.75) is 13.5 Å². The summed E-state index contributed by atoms with van der Waals surface area (Å²) in [5.41, 5.74) is 3.79. The number of hydrogen-bond donors (Lipinski definition) is 0. The van der Waals surface area contributed by atoms with Crippen LogP contribution in [0.25, 0.3) is 6.08 Å². The molecule has 0 aromatic heterocycles. The number of ether oxygens (including phenoxy) is 1. The minimum Gasteiger partial charge on any atom is -0.380 e. The average Bonchev–Trinajstić information content (AvgIpc) is 2.21. The Balaban J connectivity index is 2.95. The van der Waals surface area contributed by atoms with Gasteiger partial charge in [0.2, 0.25) is 0 Å². The minimum absolute atomic E-state index is 0.669. The van der Waals surface area contributed by atoms with E-state index in [1.165, 1.54) is 16.7 Å². The minimum atomic E-state index is 0.669. The van der Waals surface area contributed by atoms with E-state index in [-0.39, 0.29) is 0 Å². The summed E-state index contributed by atoms with van der Waals surface area (Å²) < 4.78 is 5.14. The molecule has 0 amide bonds. The van der Waals surface area contributed by atoms with Crippen molar-refractivity contribution in [2.24, 2.45) is 0 Å². The van der Waals surface area contributed by atoms with Gasteiger partial charge in [-0.25, -0.2) is 0 Å². The van der Waals surface area contributed by atoms with Gasteiger partial charge < -0.3 is 4.74 Å². The van der Waals surface area contributed by atoms with E-state index in [4.69, 9.17) is 4.74 Å². The third kappa shape index (κ3) is 3.28. The van der Waals surface area contributed by atoms with Crippen molar-refractivity contribution >= 4 is 22.0 Å². The van der Waals surface area contributed by atoms with Crippen LogP contribution >= 0.6 is 15.9 Å². The first-order valence-electron chi connectivity index (χ1n) is 4.58. The molecule has 0 N–H and O–H groups in total. The van der Waals surface area contributed by atoms with Crippen molar-refractivity contribution in [1.29, 1.82) is 0 Å². The molecule has 1 rings (SSSR count). The van der Waals surface area contributed by atoms with Gasteiger partial charge in [-0.15, -0.1) is 0 Å². The topological polar surface area (TPSA) is 9.23 Å². The number of halogens is 1. The second kappa shape index (κ2) is 5.99. The van der Waals surface area contributed by atoms with Crippen LogP contribution in [-0.4, -0.2) is 12.4 Å². The molecule has 14 heavy (non-hydrogen) atoms. The molecule has 0 fully saturated rings. The molecule has 2 heteroatoms. The Kier molecular flexibility index (Phi) is 4.91. The van der Waals surface area contributed by atoms with Crippen LogP contribution in [0.1, 0.15) is 18.1 Å². The number of methoxy groups -OCH3 is 1. The molecular weight excluding hydrogens is 240 g/mol. The molecule has 1 aromatic rings. The highest BCUT2D eigenvalue weighted by atomic mass is 79.9. The first-order valence-corrected chi connectivity index (χ1v) is 5.70. The van der Waals surface area contributed by atoms with E-state index >= 15 is 0 Å². The van der Waals surface area contributed by atoms with Crippen LogP contribution in [0.3, 0.4) is 0 Å². The molecule has 1 nitrogen and oxygen atoms in total. The molecule has 0 radical (unpaired) electrons. The zero-order chi connectivity index (χ0) is 10.4. The van der Waals surface area contributed by atoms with Crippen LogP contribution in [0.15, 0.2) is 29.8 Å². The zero-order valence-electron chi connectivity index (χ0n) is 8.59. The Morgan fingerprint density at radius 3 is 2.79 bits per heavy atom. The summed E-state index contributed by atoms with van der Waals surface area (Å²) in [4.78, 5) is 0. The molecule has 0 aliphatic rings. The fourth-order valence-corrected chi connectivity index (χ4v) is 1.43. The highest BCUT2D eigenvalue weighted by Crippen LogP contribution is 2.14. The summed E-state index contributed by atoms with van der Waals surface area (Å²) in [7, 11) is 1.72. The van der Waals surface area contributed by atoms with Gasteiger partial charge in [0.25, 0.3) is 0 Å². The van der Waals surface area contributed by atoms with Gasteiger partial charge in [0, 0.05) is 12.4 Å². The van der Waals surface area contributed by atoms with E-state index in [0.717, 1.165) is 5.33 Å². The molecular formula is C12H15BrO. The van der Waals surface area contributed by atoms with Crippen molar-refractivity contribution in [3.63, 3.8) is 0 Å². The second-order valence-corrected chi connectivity index (χ2v) is 3.82. The smallest absolute Gasteiger partial charge is 0.0718 e. The summed E-state index contributed by atoms with van der Waals surface area (Å²) >= 11 is 3.44. The van der Waals surface area contributed by atoms with E-state index in [2.05, 4.69) is 41.1 Å². The van der Waals surface area contributed by atoms with E-state index < -0.39 is 0 Å². The van der Waals surface area contributed by atoms with Gasteiger partial charge in [-0.1, -0.05) is 51.8 Å². The number of benzene rings is 1. The first kappa shape index (κ1) is 11.5. The number of hydrogen-bond acceptors (Lipinski definition) is 1. The van der Waals surface area contributed by atoms with E-state index in [9.17, 15) is 0 Å². The lowest BCUT2D eigenvalue weighted by molar-refractivity contribution is 0.184. The summed E-state index contributed by atoms with van der Waals surface area (Å²) in [6.45, 7) is 2.78. The lowest BCUT2D eigenvalue weighted by Crippen LogP contribution is -1.91. The maximum Gasteiger partial charge on any atom is 0.0718 e. The van der Waals surface area contributed by atoms with Gasteiger partial charge in [0.1, 0.15) is 0 Å². The second-order valence-electron chi connectivity index (χ2n) is 3.26. The fourth-order valence-electron chi connectivity index (χ4n) is 1.27. The Labute approximate surface area is 93.9 Å². The number of rotatable bonds is 4. The van der Waals surface area contributed by atoms with Crippen molar-refractivity contribution in [2.75, 3.05) is 12.4 Å². The fraction of sp³-hybridized carbons (Fsp3) is 0.333. The van der Waals surface area contributed by atoms with Crippen molar-refractivity contribution in [1.82, 2.24) is 0 Å². The molecule has 0 spiro atoms. The Morgan fingerprint density at radius 1 is 1.43 bits per heavy atom. The molecule has 0 heterocycles. The van der Waals surface area contributed by atoms with Gasteiger partial charge in [0.05, 0.1) is 6.61 Å². The molecule has 0 saturated heterocycles. The van der Waals surface area contributed by atoms with Gasteiger partial charge in [-0.05, 0) is 18.1 Å². The van der Waals surface area contributed by atoms with Gasteiger partial charge in [-0.3, -0.25) is 0 Å². The molecule has 0 bridgehead atoms. The number of allylic oxidation sites excluding steroid dienone is 1. The van der Waals surface area contributed by atoms with Gasteiger partial charge in [0.15, 0.2) is 0 Å². The van der Waals surface area contributed by atoms with Crippen LogP contribution in [-0.2, 0) is 11.3 Å². The molecule has 0 aliphatic carbocycles. The quantitative estimate of drug-likeness (QED) is 0.746. The SMILES string of the molecule is COCc1ccccc1C=C(C)CBr. The van der Waals surface area contributed by atoms with Crippen LogP contribution in [0.5, 0.6) is 0 Å². The summed E-state index contributed by atoms with van der Waals surface area (Å²) in [5.74, 6) is 0. The molecule has 0 saturated carbocycles. The van der Waals surface area contributed by atoms with E-state index in [0.29, 0.717) is 6.61 Å². The van der Waals surface area contributed by atoms with Crippen LogP contribution in [0.4, 0.5) is 0 Å². The van der Waals surface area contributed by atoms with Crippen molar-refractivity contribution in [3.8, 4) is 0 Å². The maximum atomic E-state index is 5.14. The Bertz CT molecular complexity index is 318. The van der Waals surface area contributed by atoms with Crippen LogP contribution in [0, 0.1) is 0 Å². The largest absolute Gasteiger partial charge is 0.380 e. The van der Waals surface area contributed by atoms with Crippen LogP contribution in [0.2, 0.25) is 0 Å². The summed E-state index contributed by atoms with van der Waals surface area (Å²) in [5, 5.41) is 0.911. The highest BCUT2D eigenvalue weighted by molar-refractivity contribution is 9.09. The van der Waals surface area contributed by atoms with E-state index in [1.807, 2.05) is 12.1 Å². The maximum absolute atomic E-state index is 5.14. The Morgan fingerprint density at radius 2 is 2.14 bits per heavy atom. The molecule has 76 valence electrons. The third-order valence-corrected chi connectivity index (χ3v) is 2.85. The summed E-state index contributed by atoms with van der Waals surface area (Å²) in [6, 6.07) is 8.29. The summed E-state index contributed by atoms with van der Waals surface area (Å²) in [6.07, 6.45) is 2.18. The average molecular weight is 255 g/mol. The first-order chi connectivity index (χ1) is 6.77. The standard InChI is InChI=1S/C12H15BrO/c1-10(8-13)7-11-5-3-4-6-12(11)9-14-2/h3-7H,8-9H2,1-2H3. The van der Waals surface area contributed by atoms with E-state index in [1.54, 1.807) is 7.11 Å². The number of alkyl halides is 1. The van der Waals surface area contributed by atoms with Gasteiger partial charge in [-0.2, -0.15) is 0 Å². The van der Waals surface area contributed by atoms with Crippen molar-refractivity contribution in [3.05, 3.63) is 41.0 Å². The lowest BCUT2D eigenvalue weighted by Gasteiger charge is -2.05. The normalized spacial score (nSPS) is 11.8. The monoisotopic (exact) mass is 254 g/mol. The lowest BCUT2D eigenvalue weighted by atomic mass is 10.1. The molecule has 0 aliphatic heterocycles. The van der Waals surface area contributed by atoms with Crippen molar-refractivity contribution < 1.29 is 4.74 Å². The molecule has 0 atom stereocenters. The Hall–Kier alpha value is -0.600. The van der Waals surface area contributed by atoms with Crippen LogP contribution < -0.4 is 0 Å². The third-order valence-electron chi connectivity index (χ3n) is 1.97. The van der Waals surface area contributed by atoms with Gasteiger partial charge >= 0.3 is 0 Å². The molecule has 1 aromatic carbocycles. The molecule has 0 unspecified atom stereocenters. The highest BCUT2D eigenvalue weighted by Gasteiger charge is 1.98.